The van der Waals surface area contributed by atoms with Crippen molar-refractivity contribution in [2.45, 2.75) is 6.42 Å². The largest absolute Gasteiger partial charge is 0.380 e. The van der Waals surface area contributed by atoms with Crippen molar-refractivity contribution >= 4 is 28.6 Å². The third-order valence-corrected chi connectivity index (χ3v) is 3.33. The van der Waals surface area contributed by atoms with Gasteiger partial charge in [0.05, 0.1) is 25.3 Å². The molecule has 19 heavy (non-hydrogen) atoms. The Hall–Kier alpha value is -2.35. The van der Waals surface area contributed by atoms with Gasteiger partial charge in [-0.25, -0.2) is 15.0 Å². The van der Waals surface area contributed by atoms with Crippen molar-refractivity contribution in [3.05, 3.63) is 12.7 Å². The van der Waals surface area contributed by atoms with Gasteiger partial charge in [-0.05, 0) is 0 Å². The van der Waals surface area contributed by atoms with Gasteiger partial charge >= 0.3 is 0 Å². The van der Waals surface area contributed by atoms with Gasteiger partial charge in [-0.3, -0.25) is 4.79 Å². The summed E-state index contributed by atoms with van der Waals surface area (Å²) >= 11 is 0. The zero-order valence-corrected chi connectivity index (χ0v) is 9.91. The van der Waals surface area contributed by atoms with Gasteiger partial charge in [0.15, 0.2) is 11.5 Å². The molecule has 4 heterocycles. The van der Waals surface area contributed by atoms with Crippen molar-refractivity contribution in [2.75, 3.05) is 18.2 Å². The number of fused-ring (bicyclic) bond motifs is 2. The molecular weight excluding hydrogens is 248 g/mol. The molecule has 1 amide bonds. The molecule has 96 valence electrons. The van der Waals surface area contributed by atoms with E-state index in [-0.39, 0.29) is 11.8 Å². The van der Waals surface area contributed by atoms with Crippen LogP contribution in [0.4, 0.5) is 5.82 Å². The number of hydrogen-bond acceptors (Lipinski definition) is 6. The maximum Gasteiger partial charge on any atom is 0.260 e. The second kappa shape index (κ2) is 3.82. The summed E-state index contributed by atoms with van der Waals surface area (Å²) < 4.78 is 5.33. The van der Waals surface area contributed by atoms with Gasteiger partial charge in [0, 0.05) is 6.42 Å². The topological polar surface area (TPSA) is 96.4 Å². The lowest BCUT2D eigenvalue weighted by molar-refractivity contribution is -0.121. The van der Waals surface area contributed by atoms with Crippen molar-refractivity contribution < 1.29 is 9.53 Å². The Morgan fingerprint density at radius 3 is 3.21 bits per heavy atom. The highest BCUT2D eigenvalue weighted by Gasteiger charge is 2.39. The van der Waals surface area contributed by atoms with Crippen LogP contribution in [0, 0.1) is 5.92 Å². The first-order valence-electron chi connectivity index (χ1n) is 5.98. The maximum atomic E-state index is 12.3. The summed E-state index contributed by atoms with van der Waals surface area (Å²) in [6, 6.07) is 0. The second-order valence-electron chi connectivity index (χ2n) is 4.42. The lowest BCUT2D eigenvalue weighted by atomic mass is 10.0. The number of carbonyl (C=O) groups excluding carboxylic acids is 1. The number of nitrogens with one attached hydrogen (secondary N) is 1. The molecule has 2 aromatic rings. The summed E-state index contributed by atoms with van der Waals surface area (Å²) in [6.45, 7) is 1.01. The summed E-state index contributed by atoms with van der Waals surface area (Å²) in [7, 11) is 0. The lowest BCUT2D eigenvalue weighted by Gasteiger charge is -2.17. The van der Waals surface area contributed by atoms with Gasteiger partial charge in [-0.2, -0.15) is 10.1 Å². The molecule has 1 fully saturated rings. The molecule has 8 heteroatoms. The van der Waals surface area contributed by atoms with E-state index in [9.17, 15) is 4.79 Å². The minimum atomic E-state index is -0.276. The third-order valence-electron chi connectivity index (χ3n) is 3.33. The van der Waals surface area contributed by atoms with Crippen molar-refractivity contribution in [2.24, 2.45) is 11.0 Å². The third kappa shape index (κ3) is 1.46. The Kier molecular flexibility index (Phi) is 2.12. The van der Waals surface area contributed by atoms with Crippen LogP contribution >= 0.6 is 0 Å². The van der Waals surface area contributed by atoms with E-state index in [2.05, 4.69) is 25.0 Å². The fourth-order valence-corrected chi connectivity index (χ4v) is 2.37. The number of hydrazone groups is 1. The average Bonchev–Trinajstić information content (AvgIpc) is 3.04. The number of rotatable bonds is 1. The quantitative estimate of drug-likeness (QED) is 0.782. The highest BCUT2D eigenvalue weighted by Crippen LogP contribution is 2.28. The molecule has 4 rings (SSSR count). The van der Waals surface area contributed by atoms with Gasteiger partial charge in [-0.1, -0.05) is 0 Å². The minimum absolute atomic E-state index is 0.107. The number of ether oxygens (including phenoxy) is 1. The molecule has 2 aromatic heterocycles. The number of anilines is 1. The zero-order valence-electron chi connectivity index (χ0n) is 9.91. The monoisotopic (exact) mass is 258 g/mol. The van der Waals surface area contributed by atoms with Gasteiger partial charge in [-0.15, -0.1) is 0 Å². The van der Waals surface area contributed by atoms with E-state index in [4.69, 9.17) is 4.74 Å². The minimum Gasteiger partial charge on any atom is -0.380 e. The summed E-state index contributed by atoms with van der Waals surface area (Å²) in [5.74, 6) is 0.0559. The van der Waals surface area contributed by atoms with E-state index in [1.807, 2.05) is 0 Å². The number of nitrogens with zero attached hydrogens (tertiary/aromatic N) is 5. The Balaban J connectivity index is 1.82. The van der Waals surface area contributed by atoms with Crippen LogP contribution in [0.3, 0.4) is 0 Å². The molecule has 0 aliphatic carbocycles. The number of imidazole rings is 1. The van der Waals surface area contributed by atoms with Crippen molar-refractivity contribution in [3.8, 4) is 0 Å². The molecule has 1 saturated heterocycles. The summed E-state index contributed by atoms with van der Waals surface area (Å²) in [5.41, 5.74) is 1.99. The van der Waals surface area contributed by atoms with Crippen LogP contribution in [0.5, 0.6) is 0 Å². The molecule has 0 bridgehead atoms. The summed E-state index contributed by atoms with van der Waals surface area (Å²) in [4.78, 5) is 27.5. The van der Waals surface area contributed by atoms with Crippen LogP contribution in [0.1, 0.15) is 6.42 Å². The molecule has 0 aromatic carbocycles. The van der Waals surface area contributed by atoms with Gasteiger partial charge in [0.2, 0.25) is 0 Å². The lowest BCUT2D eigenvalue weighted by Crippen LogP contribution is -2.34. The molecule has 0 radical (unpaired) electrons. The van der Waals surface area contributed by atoms with Crippen molar-refractivity contribution in [1.82, 2.24) is 19.9 Å². The fourth-order valence-electron chi connectivity index (χ4n) is 2.37. The van der Waals surface area contributed by atoms with Crippen LogP contribution in [0.15, 0.2) is 17.8 Å². The Morgan fingerprint density at radius 1 is 1.37 bits per heavy atom. The summed E-state index contributed by atoms with van der Waals surface area (Å²) in [6.07, 6.45) is 3.58. The van der Waals surface area contributed by atoms with Gasteiger partial charge < -0.3 is 9.72 Å². The standard InChI is InChI=1S/C11H10N6O2/c18-11-6-3-19-2-1-7(6)16-17(11)10-8-9(13-4-12-8)14-5-15-10/h4-6H,1-3H2,(H,12,13,14,15). The smallest absolute Gasteiger partial charge is 0.260 e. The first-order chi connectivity index (χ1) is 9.34. The molecule has 1 atom stereocenters. The Bertz CT molecular complexity index is 693. The first kappa shape index (κ1) is 10.6. The number of aromatic nitrogens is 4. The van der Waals surface area contributed by atoms with Crippen LogP contribution in [-0.4, -0.2) is 44.8 Å². The van der Waals surface area contributed by atoms with E-state index in [0.29, 0.717) is 36.6 Å². The van der Waals surface area contributed by atoms with E-state index in [0.717, 1.165) is 5.71 Å². The van der Waals surface area contributed by atoms with Gasteiger partial charge in [0.1, 0.15) is 17.8 Å². The molecule has 1 N–H and O–H groups in total. The zero-order chi connectivity index (χ0) is 12.8. The second-order valence-corrected chi connectivity index (χ2v) is 4.42. The molecular formula is C11H10N6O2. The van der Waals surface area contributed by atoms with Crippen molar-refractivity contribution in [1.29, 1.82) is 0 Å². The van der Waals surface area contributed by atoms with Crippen LogP contribution < -0.4 is 5.01 Å². The predicted molar refractivity (Wildman–Crippen MR) is 65.5 cm³/mol. The van der Waals surface area contributed by atoms with Crippen LogP contribution in [-0.2, 0) is 9.53 Å². The molecule has 8 nitrogen and oxygen atoms in total. The fraction of sp³-hybridized carbons (Fsp3) is 0.364. The Morgan fingerprint density at radius 2 is 2.32 bits per heavy atom. The molecule has 2 aliphatic rings. The van der Waals surface area contributed by atoms with Gasteiger partial charge in [0.25, 0.3) is 5.91 Å². The molecule has 0 saturated carbocycles. The number of aromatic amines is 1. The maximum absolute atomic E-state index is 12.3. The molecule has 0 spiro atoms. The van der Waals surface area contributed by atoms with E-state index < -0.39 is 0 Å². The molecule has 1 unspecified atom stereocenters. The number of H-pyrrole nitrogens is 1. The highest BCUT2D eigenvalue weighted by molar-refractivity contribution is 6.17. The normalized spacial score (nSPS) is 22.7. The van der Waals surface area contributed by atoms with E-state index >= 15 is 0 Å². The number of amides is 1. The predicted octanol–water partition coefficient (Wildman–Crippen LogP) is 0.0920. The summed E-state index contributed by atoms with van der Waals surface area (Å²) in [5, 5.41) is 5.70. The average molecular weight is 258 g/mol. The SMILES string of the molecule is O=C1C2COCCC2=NN1c1ncnc2nc[nH]c12. The number of carbonyl (C=O) groups is 1. The van der Waals surface area contributed by atoms with Crippen molar-refractivity contribution in [3.63, 3.8) is 0 Å². The van der Waals surface area contributed by atoms with Crippen LogP contribution in [0.25, 0.3) is 11.2 Å². The van der Waals surface area contributed by atoms with Crippen LogP contribution in [0.2, 0.25) is 0 Å². The highest BCUT2D eigenvalue weighted by atomic mass is 16.5. The first-order valence-corrected chi connectivity index (χ1v) is 5.98. The van der Waals surface area contributed by atoms with E-state index in [1.54, 1.807) is 0 Å². The Labute approximate surface area is 107 Å². The number of hydrogen-bond donors (Lipinski definition) is 1. The van der Waals surface area contributed by atoms with E-state index in [1.165, 1.54) is 17.7 Å². The molecule has 2 aliphatic heterocycles.